The van der Waals surface area contributed by atoms with E-state index in [1.165, 1.54) is 0 Å². The van der Waals surface area contributed by atoms with Crippen LogP contribution in [-0.4, -0.2) is 30.9 Å². The minimum Gasteiger partial charge on any atom is -0.493 e. The summed E-state index contributed by atoms with van der Waals surface area (Å²) >= 11 is 0. The number of aromatic nitrogens is 1. The van der Waals surface area contributed by atoms with E-state index in [0.29, 0.717) is 34.9 Å². The number of nitrogens with one attached hydrogen (secondary N) is 2. The largest absolute Gasteiger partial charge is 0.493 e. The van der Waals surface area contributed by atoms with Crippen LogP contribution in [0.5, 0.6) is 11.5 Å². The van der Waals surface area contributed by atoms with E-state index in [2.05, 4.69) is 15.6 Å². The summed E-state index contributed by atoms with van der Waals surface area (Å²) in [5.41, 5.74) is 4.55. The maximum absolute atomic E-state index is 13.5. The molecule has 1 aromatic heterocycles. The minimum absolute atomic E-state index is 0.0602. The highest BCUT2D eigenvalue weighted by molar-refractivity contribution is 6.09. The van der Waals surface area contributed by atoms with Crippen molar-refractivity contribution in [1.29, 1.82) is 0 Å². The Morgan fingerprint density at radius 2 is 1.88 bits per heavy atom. The van der Waals surface area contributed by atoms with Gasteiger partial charge in [-0.1, -0.05) is 6.07 Å². The van der Waals surface area contributed by atoms with Crippen molar-refractivity contribution in [2.45, 2.75) is 39.0 Å². The number of rotatable bonds is 5. The topological polar surface area (TPSA) is 89.5 Å². The van der Waals surface area contributed by atoms with Crippen molar-refractivity contribution >= 4 is 17.5 Å². The van der Waals surface area contributed by atoms with Gasteiger partial charge in [-0.25, -0.2) is 4.98 Å². The second-order valence-electron chi connectivity index (χ2n) is 8.05. The van der Waals surface area contributed by atoms with E-state index in [1.807, 2.05) is 38.1 Å². The van der Waals surface area contributed by atoms with Gasteiger partial charge in [0.15, 0.2) is 17.3 Å². The van der Waals surface area contributed by atoms with E-state index >= 15 is 0 Å². The first-order chi connectivity index (χ1) is 15.4. The zero-order valence-corrected chi connectivity index (χ0v) is 18.7. The molecule has 166 valence electrons. The molecule has 0 saturated heterocycles. The second-order valence-corrected chi connectivity index (χ2v) is 8.05. The van der Waals surface area contributed by atoms with Crippen molar-refractivity contribution in [1.82, 2.24) is 10.3 Å². The molecular weight excluding hydrogens is 406 g/mol. The lowest BCUT2D eigenvalue weighted by Crippen LogP contribution is -2.35. The van der Waals surface area contributed by atoms with Gasteiger partial charge in [-0.05, 0) is 62.1 Å². The first kappa shape index (κ1) is 21.6. The fraction of sp³-hybridized carbons (Fsp3) is 0.320. The Balaban J connectivity index is 1.82. The first-order valence-electron chi connectivity index (χ1n) is 10.6. The number of ketones is 1. The van der Waals surface area contributed by atoms with Gasteiger partial charge >= 0.3 is 0 Å². The molecule has 4 rings (SSSR count). The molecular formula is C25H27N3O4. The average molecular weight is 434 g/mol. The molecule has 0 spiro atoms. The molecule has 7 nitrogen and oxygen atoms in total. The van der Waals surface area contributed by atoms with Gasteiger partial charge in [0.1, 0.15) is 5.82 Å². The van der Waals surface area contributed by atoms with Crippen LogP contribution in [0, 0.1) is 6.92 Å². The molecule has 0 unspecified atom stereocenters. The zero-order chi connectivity index (χ0) is 22.8. The number of ether oxygens (including phenoxy) is 2. The Bertz CT molecular complexity index is 1150. The van der Waals surface area contributed by atoms with E-state index in [9.17, 15) is 9.59 Å². The summed E-state index contributed by atoms with van der Waals surface area (Å²) in [6, 6.07) is 9.21. The van der Waals surface area contributed by atoms with Gasteiger partial charge in [0.25, 0.3) is 5.91 Å². The predicted molar refractivity (Wildman–Crippen MR) is 122 cm³/mol. The Labute approximate surface area is 187 Å². The molecule has 2 aliphatic rings. The lowest BCUT2D eigenvalue weighted by atomic mass is 9.75. The first-order valence-corrected chi connectivity index (χ1v) is 10.6. The van der Waals surface area contributed by atoms with Gasteiger partial charge in [0.2, 0.25) is 0 Å². The van der Waals surface area contributed by atoms with Crippen molar-refractivity contribution in [3.63, 3.8) is 0 Å². The monoisotopic (exact) mass is 433 g/mol. The number of carbonyl (C=O) groups excluding carboxylic acids is 2. The molecule has 32 heavy (non-hydrogen) atoms. The predicted octanol–water partition coefficient (Wildman–Crippen LogP) is 4.01. The molecule has 1 atom stereocenters. The molecule has 0 radical (unpaired) electrons. The van der Waals surface area contributed by atoms with E-state index < -0.39 is 5.92 Å². The molecule has 2 heterocycles. The van der Waals surface area contributed by atoms with E-state index in [1.54, 1.807) is 26.5 Å². The van der Waals surface area contributed by atoms with Gasteiger partial charge in [0.05, 0.1) is 14.2 Å². The van der Waals surface area contributed by atoms with Crippen LogP contribution in [0.15, 0.2) is 59.1 Å². The third-order valence-electron chi connectivity index (χ3n) is 5.92. The number of methoxy groups -OCH3 is 2. The maximum Gasteiger partial charge on any atom is 0.255 e. The van der Waals surface area contributed by atoms with Crippen LogP contribution in [-0.2, 0) is 9.59 Å². The van der Waals surface area contributed by atoms with Crippen LogP contribution in [0.4, 0.5) is 5.82 Å². The van der Waals surface area contributed by atoms with Crippen molar-refractivity contribution in [3.05, 3.63) is 70.2 Å². The summed E-state index contributed by atoms with van der Waals surface area (Å²) in [6.07, 6.45) is 3.70. The Kier molecular flexibility index (Phi) is 5.99. The number of allylic oxidation sites excluding steroid dienone is 3. The van der Waals surface area contributed by atoms with Crippen LogP contribution < -0.4 is 20.1 Å². The number of Topliss-reactive ketones (excluding diaryl/α,β-unsaturated/α-hetero) is 1. The Hall–Kier alpha value is -3.61. The summed E-state index contributed by atoms with van der Waals surface area (Å²) in [7, 11) is 3.14. The number of carbonyl (C=O) groups is 2. The van der Waals surface area contributed by atoms with Gasteiger partial charge in [0, 0.05) is 41.1 Å². The summed E-state index contributed by atoms with van der Waals surface area (Å²) in [4.78, 5) is 30.8. The number of pyridine rings is 1. The van der Waals surface area contributed by atoms with Crippen LogP contribution in [0.3, 0.4) is 0 Å². The molecule has 0 saturated carbocycles. The smallest absolute Gasteiger partial charge is 0.255 e. The van der Waals surface area contributed by atoms with Crippen molar-refractivity contribution in [2.75, 3.05) is 19.5 Å². The number of hydrogen-bond acceptors (Lipinski definition) is 6. The summed E-state index contributed by atoms with van der Waals surface area (Å²) in [5.74, 6) is 0.860. The average Bonchev–Trinajstić information content (AvgIpc) is 2.77. The third kappa shape index (κ3) is 3.98. The van der Waals surface area contributed by atoms with Gasteiger partial charge in [-0.2, -0.15) is 0 Å². The molecule has 1 aliphatic heterocycles. The van der Waals surface area contributed by atoms with E-state index in [4.69, 9.17) is 9.47 Å². The number of hydrogen-bond donors (Lipinski definition) is 2. The summed E-state index contributed by atoms with van der Waals surface area (Å²) in [6.45, 7) is 3.81. The molecule has 0 bridgehead atoms. The molecule has 7 heteroatoms. The number of nitrogens with zero attached hydrogens (tertiary/aromatic N) is 1. The number of aryl methyl sites for hydroxylation is 1. The van der Waals surface area contributed by atoms with Crippen molar-refractivity contribution < 1.29 is 19.1 Å². The second kappa shape index (κ2) is 8.86. The quantitative estimate of drug-likeness (QED) is 0.741. The van der Waals surface area contributed by atoms with Gasteiger partial charge in [-0.15, -0.1) is 0 Å². The number of anilines is 1. The van der Waals surface area contributed by atoms with Gasteiger partial charge < -0.3 is 20.1 Å². The van der Waals surface area contributed by atoms with E-state index in [0.717, 1.165) is 35.4 Å². The molecule has 1 amide bonds. The van der Waals surface area contributed by atoms with Crippen LogP contribution in [0.25, 0.3) is 0 Å². The maximum atomic E-state index is 13.5. The van der Waals surface area contributed by atoms with Crippen molar-refractivity contribution in [3.8, 4) is 11.5 Å². The van der Waals surface area contributed by atoms with E-state index in [-0.39, 0.29) is 11.7 Å². The Morgan fingerprint density at radius 3 is 2.59 bits per heavy atom. The summed E-state index contributed by atoms with van der Waals surface area (Å²) in [5, 5.41) is 6.24. The molecule has 0 fully saturated rings. The minimum atomic E-state index is -0.510. The fourth-order valence-corrected chi connectivity index (χ4v) is 4.44. The van der Waals surface area contributed by atoms with Crippen molar-refractivity contribution in [2.24, 2.45) is 0 Å². The highest BCUT2D eigenvalue weighted by Crippen LogP contribution is 2.44. The standard InChI is InChI=1S/C25H27N3O4/c1-14-10-11-26-21(12-14)28-25(30)22-15(2)27-17-6-5-7-18(29)24(17)23(22)16-8-9-19(31-3)20(13-16)32-4/h8-13,23,27H,5-7H2,1-4H3,(H,26,28,30)/t23-/m0/s1. The highest BCUT2D eigenvalue weighted by Gasteiger charge is 2.38. The zero-order valence-electron chi connectivity index (χ0n) is 18.7. The molecule has 2 aromatic rings. The molecule has 1 aliphatic carbocycles. The lowest BCUT2D eigenvalue weighted by Gasteiger charge is -2.34. The normalized spacial score (nSPS) is 18.1. The van der Waals surface area contributed by atoms with Gasteiger partial charge in [-0.3, -0.25) is 9.59 Å². The van der Waals surface area contributed by atoms with Crippen LogP contribution in [0.1, 0.15) is 43.2 Å². The molecule has 1 aromatic carbocycles. The van der Waals surface area contributed by atoms with Crippen LogP contribution >= 0.6 is 0 Å². The third-order valence-corrected chi connectivity index (χ3v) is 5.92. The molecule has 2 N–H and O–H groups in total. The highest BCUT2D eigenvalue weighted by atomic mass is 16.5. The lowest BCUT2D eigenvalue weighted by molar-refractivity contribution is -0.116. The SMILES string of the molecule is COc1ccc([C@H]2C(C(=O)Nc3cc(C)ccn3)=C(C)NC3=C2C(=O)CCC3)cc1OC. The summed E-state index contributed by atoms with van der Waals surface area (Å²) < 4.78 is 10.9. The number of dihydropyridines is 1. The Morgan fingerprint density at radius 1 is 1.09 bits per heavy atom. The number of benzene rings is 1. The number of amides is 1. The van der Waals surface area contributed by atoms with Crippen LogP contribution in [0.2, 0.25) is 0 Å². The fourth-order valence-electron chi connectivity index (χ4n) is 4.44.